The molecule has 1 saturated heterocycles. The van der Waals surface area contributed by atoms with Gasteiger partial charge in [0.15, 0.2) is 17.8 Å². The summed E-state index contributed by atoms with van der Waals surface area (Å²) >= 11 is 0. The van der Waals surface area contributed by atoms with Crippen LogP contribution in [0.1, 0.15) is 18.3 Å². The van der Waals surface area contributed by atoms with E-state index in [-0.39, 0.29) is 0 Å². The molecule has 1 aromatic carbocycles. The Balaban J connectivity index is 1.81. The molecule has 0 amide bonds. The van der Waals surface area contributed by atoms with Crippen LogP contribution in [-0.4, -0.2) is 92.5 Å². The maximum atomic E-state index is 10.6. The third kappa shape index (κ3) is 3.66. The number of amidine groups is 1. The number of aliphatic hydroxyl groups is 4. The molecule has 3 heterocycles. The molecule has 162 valence electrons. The molecule has 5 N–H and O–H groups in total. The Labute approximate surface area is 172 Å². The number of ether oxygens (including phenoxy) is 2. The van der Waals surface area contributed by atoms with E-state index in [1.165, 1.54) is 4.68 Å². The first-order valence-corrected chi connectivity index (χ1v) is 9.74. The predicted octanol–water partition coefficient (Wildman–Crippen LogP) is -1.33. The number of aromatic nitrogens is 3. The van der Waals surface area contributed by atoms with Gasteiger partial charge in [-0.15, -0.1) is 5.10 Å². The van der Waals surface area contributed by atoms with E-state index in [2.05, 4.69) is 20.6 Å². The number of nitrogens with zero attached hydrogens (tertiary/aromatic N) is 4. The zero-order valence-electron chi connectivity index (χ0n) is 16.4. The average Bonchev–Trinajstić information content (AvgIpc) is 3.23. The van der Waals surface area contributed by atoms with Gasteiger partial charge in [0.2, 0.25) is 0 Å². The zero-order chi connectivity index (χ0) is 21.3. The summed E-state index contributed by atoms with van der Waals surface area (Å²) in [6, 6.07) is 7.18. The molecule has 0 aliphatic carbocycles. The molecule has 30 heavy (non-hydrogen) atoms. The third-order valence-corrected chi connectivity index (χ3v) is 5.29. The van der Waals surface area contributed by atoms with E-state index in [0.29, 0.717) is 35.1 Å². The summed E-state index contributed by atoms with van der Waals surface area (Å²) < 4.78 is 12.3. The number of aliphatic imine (C=N–C) groups is 1. The van der Waals surface area contributed by atoms with Crippen molar-refractivity contribution in [3.63, 3.8) is 0 Å². The Hall–Kier alpha value is -2.57. The molecule has 2 aliphatic heterocycles. The van der Waals surface area contributed by atoms with Crippen LogP contribution in [0.3, 0.4) is 0 Å². The number of aliphatic hydroxyl groups excluding tert-OH is 4. The molecule has 1 fully saturated rings. The monoisotopic (exact) mass is 419 g/mol. The van der Waals surface area contributed by atoms with Gasteiger partial charge in [-0.25, -0.2) is 4.68 Å². The molecule has 0 unspecified atom stereocenters. The minimum Gasteiger partial charge on any atom is -0.497 e. The quantitative estimate of drug-likeness (QED) is 0.396. The maximum Gasteiger partial charge on any atom is 0.181 e. The van der Waals surface area contributed by atoms with Gasteiger partial charge in [-0.2, -0.15) is 0 Å². The Kier molecular flexibility index (Phi) is 5.97. The van der Waals surface area contributed by atoms with Gasteiger partial charge in [-0.1, -0.05) is 5.21 Å². The molecule has 11 nitrogen and oxygen atoms in total. The highest BCUT2D eigenvalue weighted by molar-refractivity contribution is 6.02. The lowest BCUT2D eigenvalue weighted by Gasteiger charge is -2.40. The van der Waals surface area contributed by atoms with E-state index in [1.807, 2.05) is 12.1 Å². The fourth-order valence-corrected chi connectivity index (χ4v) is 3.62. The van der Waals surface area contributed by atoms with Crippen LogP contribution in [0.2, 0.25) is 0 Å². The third-order valence-electron chi connectivity index (χ3n) is 5.29. The first-order valence-electron chi connectivity index (χ1n) is 9.74. The van der Waals surface area contributed by atoms with E-state index < -0.39 is 37.3 Å². The van der Waals surface area contributed by atoms with Crippen molar-refractivity contribution in [2.24, 2.45) is 4.99 Å². The molecule has 0 saturated carbocycles. The Morgan fingerprint density at radius 3 is 2.57 bits per heavy atom. The summed E-state index contributed by atoms with van der Waals surface area (Å²) in [6.45, 7) is 0.861. The highest BCUT2D eigenvalue weighted by atomic mass is 16.6. The maximum absolute atomic E-state index is 10.6. The molecule has 0 radical (unpaired) electrons. The van der Waals surface area contributed by atoms with Crippen molar-refractivity contribution >= 4 is 5.84 Å². The van der Waals surface area contributed by atoms with Crippen LogP contribution in [-0.2, 0) is 4.74 Å². The molecule has 5 atom stereocenters. The van der Waals surface area contributed by atoms with E-state index in [4.69, 9.17) is 9.47 Å². The van der Waals surface area contributed by atoms with E-state index >= 15 is 0 Å². The first kappa shape index (κ1) is 20.7. The lowest BCUT2D eigenvalue weighted by molar-refractivity contribution is -0.253. The minimum absolute atomic E-state index is 0.469. The van der Waals surface area contributed by atoms with E-state index in [1.54, 1.807) is 19.2 Å². The molecule has 1 aromatic heterocycles. The average molecular weight is 419 g/mol. The Morgan fingerprint density at radius 1 is 1.17 bits per heavy atom. The Bertz CT molecular complexity index is 899. The molecule has 11 heteroatoms. The van der Waals surface area contributed by atoms with Crippen LogP contribution in [0.25, 0.3) is 11.3 Å². The normalized spacial score (nSPS) is 29.2. The van der Waals surface area contributed by atoms with Crippen LogP contribution in [0, 0.1) is 0 Å². The van der Waals surface area contributed by atoms with E-state index in [9.17, 15) is 20.4 Å². The van der Waals surface area contributed by atoms with Gasteiger partial charge >= 0.3 is 0 Å². The van der Waals surface area contributed by atoms with Gasteiger partial charge < -0.3 is 35.2 Å². The van der Waals surface area contributed by atoms with Crippen LogP contribution < -0.4 is 10.1 Å². The van der Waals surface area contributed by atoms with Gasteiger partial charge in [0.1, 0.15) is 35.9 Å². The second kappa shape index (κ2) is 8.66. The summed E-state index contributed by atoms with van der Waals surface area (Å²) in [7, 11) is 1.57. The number of nitrogens with one attached hydrogen (secondary N) is 1. The van der Waals surface area contributed by atoms with Crippen LogP contribution in [0.5, 0.6) is 5.75 Å². The van der Waals surface area contributed by atoms with Gasteiger partial charge in [-0.3, -0.25) is 4.99 Å². The van der Waals surface area contributed by atoms with Gasteiger partial charge in [0, 0.05) is 18.7 Å². The largest absolute Gasteiger partial charge is 0.497 e. The van der Waals surface area contributed by atoms with Gasteiger partial charge in [-0.05, 0) is 30.7 Å². The molecule has 0 spiro atoms. The first-order chi connectivity index (χ1) is 14.5. The highest BCUT2D eigenvalue weighted by Crippen LogP contribution is 2.33. The molecule has 2 aliphatic rings. The lowest BCUT2D eigenvalue weighted by atomic mass is 9.98. The van der Waals surface area contributed by atoms with Crippen LogP contribution in [0.4, 0.5) is 0 Å². The molecule has 0 bridgehead atoms. The fourth-order valence-electron chi connectivity index (χ4n) is 3.62. The standard InChI is InChI=1S/C19H25N5O6/c1-29-11-5-3-10(4-6-11)14-13(18-20-7-2-8-21-18)22-23-24(14)19-17(28)16(27)15(26)12(9-25)30-19/h3-6,12,15-17,19,25-28H,2,7-9H2,1H3,(H,20,21)/t12-,15-,16+,17-,19-/m1/s1. The summed E-state index contributed by atoms with van der Waals surface area (Å²) in [4.78, 5) is 4.49. The number of methoxy groups -OCH3 is 1. The molecular weight excluding hydrogens is 394 g/mol. The highest BCUT2D eigenvalue weighted by Gasteiger charge is 2.45. The van der Waals surface area contributed by atoms with Crippen molar-refractivity contribution < 1.29 is 29.9 Å². The molecule has 2 aromatic rings. The SMILES string of the molecule is COc1ccc(-c2c(C3=NCCCN3)nnn2[C@@H]2O[C@H](CO)[C@@H](O)[C@H](O)[C@H]2O)cc1. The van der Waals surface area contributed by atoms with Gasteiger partial charge in [0.05, 0.1) is 13.7 Å². The van der Waals surface area contributed by atoms with E-state index in [0.717, 1.165) is 13.0 Å². The van der Waals surface area contributed by atoms with Crippen LogP contribution in [0.15, 0.2) is 29.3 Å². The second-order valence-corrected chi connectivity index (χ2v) is 7.19. The van der Waals surface area contributed by atoms with Crippen molar-refractivity contribution in [1.29, 1.82) is 0 Å². The minimum atomic E-state index is -1.53. The zero-order valence-corrected chi connectivity index (χ0v) is 16.4. The number of hydrogen-bond acceptors (Lipinski definition) is 10. The molecular formula is C19H25N5O6. The summed E-state index contributed by atoms with van der Waals surface area (Å²) in [5.41, 5.74) is 1.69. The summed E-state index contributed by atoms with van der Waals surface area (Å²) in [6.07, 6.45) is -5.81. The smallest absolute Gasteiger partial charge is 0.181 e. The number of benzene rings is 1. The number of rotatable bonds is 5. The Morgan fingerprint density at radius 2 is 1.93 bits per heavy atom. The second-order valence-electron chi connectivity index (χ2n) is 7.19. The summed E-state index contributed by atoms with van der Waals surface area (Å²) in [5, 5.41) is 52.0. The number of hydrogen-bond donors (Lipinski definition) is 5. The lowest BCUT2D eigenvalue weighted by Crippen LogP contribution is -2.56. The van der Waals surface area contributed by atoms with Crippen molar-refractivity contribution in [2.75, 3.05) is 26.8 Å². The van der Waals surface area contributed by atoms with Crippen molar-refractivity contribution in [1.82, 2.24) is 20.3 Å². The van der Waals surface area contributed by atoms with Crippen LogP contribution >= 0.6 is 0 Å². The fraction of sp³-hybridized carbons (Fsp3) is 0.526. The summed E-state index contributed by atoms with van der Waals surface area (Å²) in [5.74, 6) is 1.24. The topological polar surface area (TPSA) is 154 Å². The van der Waals surface area contributed by atoms with Gasteiger partial charge in [0.25, 0.3) is 0 Å². The predicted molar refractivity (Wildman–Crippen MR) is 105 cm³/mol. The van der Waals surface area contributed by atoms with Crippen molar-refractivity contribution in [3.8, 4) is 17.0 Å². The van der Waals surface area contributed by atoms with Crippen molar-refractivity contribution in [3.05, 3.63) is 30.0 Å². The van der Waals surface area contributed by atoms with Crippen molar-refractivity contribution in [2.45, 2.75) is 37.1 Å². The molecule has 4 rings (SSSR count).